The van der Waals surface area contributed by atoms with Crippen LogP contribution >= 0.6 is 0 Å². The highest BCUT2D eigenvalue weighted by atomic mass is 16.3. The quantitative estimate of drug-likeness (QED) is 0.526. The molecule has 0 aliphatic heterocycles. The highest BCUT2D eigenvalue weighted by Crippen LogP contribution is 1.82. The second-order valence-electron chi connectivity index (χ2n) is 1.69. The molecule has 0 saturated heterocycles. The maximum Gasteiger partial charge on any atom is 0.314 e. The van der Waals surface area contributed by atoms with E-state index in [1.165, 1.54) is 4.90 Å². The summed E-state index contributed by atoms with van der Waals surface area (Å²) in [7, 11) is 1.56. The average molecular weight is 131 g/mol. The number of rotatable bonds is 3. The number of carbonyl (C=O) groups is 1. The van der Waals surface area contributed by atoms with Gasteiger partial charge in [-0.25, -0.2) is 4.79 Å². The molecular formula is C5H11N2O2. The van der Waals surface area contributed by atoms with E-state index in [1.54, 1.807) is 13.5 Å². The van der Waals surface area contributed by atoms with E-state index < -0.39 is 6.03 Å². The Morgan fingerprint density at radius 2 is 2.44 bits per heavy atom. The zero-order chi connectivity index (χ0) is 7.28. The molecule has 0 fully saturated rings. The van der Waals surface area contributed by atoms with E-state index >= 15 is 0 Å². The van der Waals surface area contributed by atoms with Gasteiger partial charge in [0.25, 0.3) is 0 Å². The van der Waals surface area contributed by atoms with Crippen LogP contribution in [0.4, 0.5) is 4.79 Å². The van der Waals surface area contributed by atoms with E-state index in [4.69, 9.17) is 10.8 Å². The highest BCUT2D eigenvalue weighted by Gasteiger charge is 1.99. The molecule has 0 atom stereocenters. The summed E-state index contributed by atoms with van der Waals surface area (Å²) >= 11 is 0. The predicted octanol–water partition coefficient (Wildman–Crippen LogP) is -0.807. The normalized spacial score (nSPS) is 9.11. The Kier molecular flexibility index (Phi) is 3.79. The summed E-state index contributed by atoms with van der Waals surface area (Å²) in [6.45, 7) is 0.365. The molecule has 0 saturated carbocycles. The fourth-order valence-electron chi connectivity index (χ4n) is 0.341. The lowest BCUT2D eigenvalue weighted by Crippen LogP contribution is -2.33. The summed E-state index contributed by atoms with van der Waals surface area (Å²) in [5, 5.41) is 8.26. The summed E-state index contributed by atoms with van der Waals surface area (Å²) in [6.07, 6.45) is 1.55. The van der Waals surface area contributed by atoms with E-state index in [0.717, 1.165) is 0 Å². The van der Waals surface area contributed by atoms with Gasteiger partial charge in [0, 0.05) is 26.6 Å². The zero-order valence-corrected chi connectivity index (χ0v) is 5.37. The van der Waals surface area contributed by atoms with Crippen molar-refractivity contribution in [2.24, 2.45) is 5.73 Å². The number of aliphatic hydroxyl groups excluding tert-OH is 1. The third-order valence-electron chi connectivity index (χ3n) is 0.908. The topological polar surface area (TPSA) is 66.6 Å². The smallest absolute Gasteiger partial charge is 0.314 e. The largest absolute Gasteiger partial charge is 0.396 e. The highest BCUT2D eigenvalue weighted by molar-refractivity contribution is 5.71. The maximum absolute atomic E-state index is 10.3. The summed E-state index contributed by atoms with van der Waals surface area (Å²) < 4.78 is 0. The molecule has 0 heterocycles. The summed E-state index contributed by atoms with van der Waals surface area (Å²) in [4.78, 5) is 11.6. The number of amides is 2. The van der Waals surface area contributed by atoms with Crippen molar-refractivity contribution >= 4 is 6.03 Å². The Bertz CT molecular complexity index is 95.0. The van der Waals surface area contributed by atoms with Crippen LogP contribution in [0, 0.1) is 6.42 Å². The van der Waals surface area contributed by atoms with Gasteiger partial charge in [0.2, 0.25) is 0 Å². The predicted molar refractivity (Wildman–Crippen MR) is 33.6 cm³/mol. The van der Waals surface area contributed by atoms with Gasteiger partial charge < -0.3 is 15.7 Å². The molecule has 1 radical (unpaired) electrons. The molecule has 0 aliphatic carbocycles. The molecule has 0 rings (SSSR count). The Morgan fingerprint density at radius 3 is 2.78 bits per heavy atom. The third-order valence-corrected chi connectivity index (χ3v) is 0.908. The van der Waals surface area contributed by atoms with Gasteiger partial charge >= 0.3 is 6.03 Å². The Labute approximate surface area is 54.3 Å². The van der Waals surface area contributed by atoms with E-state index in [2.05, 4.69) is 0 Å². The van der Waals surface area contributed by atoms with Crippen LogP contribution in [0.15, 0.2) is 0 Å². The second-order valence-corrected chi connectivity index (χ2v) is 1.69. The fraction of sp³-hybridized carbons (Fsp3) is 0.600. The van der Waals surface area contributed by atoms with Gasteiger partial charge in [0.15, 0.2) is 0 Å². The van der Waals surface area contributed by atoms with Crippen LogP contribution in [-0.4, -0.2) is 36.2 Å². The lowest BCUT2D eigenvalue weighted by Gasteiger charge is -2.11. The lowest BCUT2D eigenvalue weighted by molar-refractivity contribution is 0.219. The standard InChI is InChI=1S/C5H11N2O2/c1-7(5(6)9)3-2-4-8/h2,8H,3-4H2,1H3,(H2,6,9). The summed E-state index contributed by atoms with van der Waals surface area (Å²) in [6, 6.07) is -0.486. The molecular weight excluding hydrogens is 120 g/mol. The Morgan fingerprint density at radius 1 is 1.89 bits per heavy atom. The molecule has 53 valence electrons. The van der Waals surface area contributed by atoms with Crippen LogP contribution in [0.25, 0.3) is 0 Å². The molecule has 0 spiro atoms. The van der Waals surface area contributed by atoms with Crippen molar-refractivity contribution in [1.82, 2.24) is 4.90 Å². The van der Waals surface area contributed by atoms with E-state index in [9.17, 15) is 4.79 Å². The first-order valence-electron chi connectivity index (χ1n) is 2.61. The van der Waals surface area contributed by atoms with E-state index in [-0.39, 0.29) is 6.61 Å². The molecule has 4 nitrogen and oxygen atoms in total. The third kappa shape index (κ3) is 3.78. The van der Waals surface area contributed by atoms with Crippen molar-refractivity contribution in [2.75, 3.05) is 20.2 Å². The number of carbonyl (C=O) groups excluding carboxylic acids is 1. The monoisotopic (exact) mass is 131 g/mol. The SMILES string of the molecule is CN(C[CH]CO)C(N)=O. The average Bonchev–Trinajstić information content (AvgIpc) is 1.82. The van der Waals surface area contributed by atoms with Gasteiger partial charge in [0.1, 0.15) is 0 Å². The minimum absolute atomic E-state index is 0.0301. The van der Waals surface area contributed by atoms with Crippen molar-refractivity contribution in [1.29, 1.82) is 0 Å². The molecule has 0 unspecified atom stereocenters. The Hall–Kier alpha value is -0.770. The Balaban J connectivity index is 3.27. The number of hydrogen-bond donors (Lipinski definition) is 2. The molecule has 4 heteroatoms. The van der Waals surface area contributed by atoms with Crippen molar-refractivity contribution in [2.45, 2.75) is 0 Å². The van der Waals surface area contributed by atoms with Crippen LogP contribution < -0.4 is 5.73 Å². The van der Waals surface area contributed by atoms with Crippen LogP contribution in [0.2, 0.25) is 0 Å². The van der Waals surface area contributed by atoms with Crippen LogP contribution in [0.3, 0.4) is 0 Å². The first kappa shape index (κ1) is 8.23. The first-order valence-corrected chi connectivity index (χ1v) is 2.61. The number of nitrogens with two attached hydrogens (primary N) is 1. The number of hydrogen-bond acceptors (Lipinski definition) is 2. The molecule has 2 amide bonds. The van der Waals surface area contributed by atoms with Gasteiger partial charge in [0.05, 0.1) is 0 Å². The lowest BCUT2D eigenvalue weighted by atomic mass is 10.4. The molecule has 3 N–H and O–H groups in total. The minimum atomic E-state index is -0.486. The number of aliphatic hydroxyl groups is 1. The maximum atomic E-state index is 10.3. The van der Waals surface area contributed by atoms with Crippen molar-refractivity contribution < 1.29 is 9.90 Å². The van der Waals surface area contributed by atoms with Gasteiger partial charge in [-0.1, -0.05) is 0 Å². The summed E-state index contributed by atoms with van der Waals surface area (Å²) in [5.74, 6) is 0. The number of nitrogens with zero attached hydrogens (tertiary/aromatic N) is 1. The fourth-order valence-corrected chi connectivity index (χ4v) is 0.341. The van der Waals surface area contributed by atoms with E-state index in [0.29, 0.717) is 6.54 Å². The summed E-state index contributed by atoms with van der Waals surface area (Å²) in [5.41, 5.74) is 4.86. The molecule has 9 heavy (non-hydrogen) atoms. The molecule has 0 bridgehead atoms. The van der Waals surface area contributed by atoms with Crippen molar-refractivity contribution in [3.63, 3.8) is 0 Å². The minimum Gasteiger partial charge on any atom is -0.396 e. The number of primary amides is 1. The molecule has 0 aromatic carbocycles. The molecule has 0 aliphatic rings. The van der Waals surface area contributed by atoms with Crippen LogP contribution in [0.5, 0.6) is 0 Å². The van der Waals surface area contributed by atoms with Gasteiger partial charge in [-0.15, -0.1) is 0 Å². The van der Waals surface area contributed by atoms with Crippen molar-refractivity contribution in [3.05, 3.63) is 6.42 Å². The van der Waals surface area contributed by atoms with Crippen LogP contribution in [0.1, 0.15) is 0 Å². The molecule has 0 aromatic rings. The molecule has 0 aromatic heterocycles. The van der Waals surface area contributed by atoms with Gasteiger partial charge in [-0.3, -0.25) is 0 Å². The second kappa shape index (κ2) is 4.14. The van der Waals surface area contributed by atoms with E-state index in [1.807, 2.05) is 0 Å². The number of urea groups is 1. The van der Waals surface area contributed by atoms with Gasteiger partial charge in [-0.2, -0.15) is 0 Å². The first-order chi connectivity index (χ1) is 4.18. The van der Waals surface area contributed by atoms with Gasteiger partial charge in [-0.05, 0) is 0 Å². The van der Waals surface area contributed by atoms with Crippen molar-refractivity contribution in [3.8, 4) is 0 Å². The zero-order valence-electron chi connectivity index (χ0n) is 5.37. The van der Waals surface area contributed by atoms with Crippen LogP contribution in [-0.2, 0) is 0 Å².